The lowest BCUT2D eigenvalue weighted by molar-refractivity contribution is -0.148. The van der Waals surface area contributed by atoms with E-state index in [2.05, 4.69) is 0 Å². The van der Waals surface area contributed by atoms with Gasteiger partial charge in [0.05, 0.1) is 6.42 Å². The molecular weight excluding hydrogens is 209 g/mol. The van der Waals surface area contributed by atoms with Gasteiger partial charge >= 0.3 is 6.18 Å². The van der Waals surface area contributed by atoms with Crippen LogP contribution in [0.2, 0.25) is 0 Å². The molecule has 0 spiro atoms. The number of nitrogens with zero attached hydrogens (tertiary/aromatic N) is 1. The van der Waals surface area contributed by atoms with Crippen LogP contribution in [0.15, 0.2) is 0 Å². The SMILES string of the molecule is CC(CN)CN(C)C(=O)CCC(F)(F)F. The van der Waals surface area contributed by atoms with Gasteiger partial charge < -0.3 is 10.6 Å². The van der Waals surface area contributed by atoms with Gasteiger partial charge in [-0.05, 0) is 12.5 Å². The normalized spacial score (nSPS) is 13.7. The minimum Gasteiger partial charge on any atom is -0.345 e. The minimum absolute atomic E-state index is 0.102. The Balaban J connectivity index is 3.89. The van der Waals surface area contributed by atoms with Gasteiger partial charge in [0, 0.05) is 20.0 Å². The first-order chi connectivity index (χ1) is 6.76. The van der Waals surface area contributed by atoms with Gasteiger partial charge in [-0.2, -0.15) is 13.2 Å². The fourth-order valence-corrected chi connectivity index (χ4v) is 1.08. The monoisotopic (exact) mass is 226 g/mol. The number of carbonyl (C=O) groups excluding carboxylic acids is 1. The second kappa shape index (κ2) is 5.95. The Hall–Kier alpha value is -0.780. The van der Waals surface area contributed by atoms with E-state index in [1.54, 1.807) is 0 Å². The lowest BCUT2D eigenvalue weighted by atomic mass is 10.1. The summed E-state index contributed by atoms with van der Waals surface area (Å²) >= 11 is 0. The summed E-state index contributed by atoms with van der Waals surface area (Å²) in [7, 11) is 1.49. The van der Waals surface area contributed by atoms with Gasteiger partial charge in [0.15, 0.2) is 0 Å². The number of hydrogen-bond donors (Lipinski definition) is 1. The highest BCUT2D eigenvalue weighted by Gasteiger charge is 2.28. The Bertz CT molecular complexity index is 206. The van der Waals surface area contributed by atoms with Gasteiger partial charge in [-0.3, -0.25) is 4.79 Å². The fraction of sp³-hybridized carbons (Fsp3) is 0.889. The molecule has 0 aromatic rings. The molecule has 6 heteroatoms. The summed E-state index contributed by atoms with van der Waals surface area (Å²) in [6.07, 6.45) is -5.82. The molecule has 0 aromatic carbocycles. The maximum Gasteiger partial charge on any atom is 0.389 e. The van der Waals surface area contributed by atoms with Crippen LogP contribution in [-0.2, 0) is 4.79 Å². The Kier molecular flexibility index (Phi) is 5.64. The second-order valence-corrected chi connectivity index (χ2v) is 3.73. The van der Waals surface area contributed by atoms with E-state index in [1.807, 2.05) is 6.92 Å². The van der Waals surface area contributed by atoms with Crippen LogP contribution in [0.1, 0.15) is 19.8 Å². The van der Waals surface area contributed by atoms with E-state index in [1.165, 1.54) is 11.9 Å². The zero-order chi connectivity index (χ0) is 12.1. The third kappa shape index (κ3) is 7.18. The predicted octanol–water partition coefficient (Wildman–Crippen LogP) is 1.38. The fourth-order valence-electron chi connectivity index (χ4n) is 1.08. The third-order valence-electron chi connectivity index (χ3n) is 2.04. The van der Waals surface area contributed by atoms with Crippen LogP contribution in [0.4, 0.5) is 13.2 Å². The van der Waals surface area contributed by atoms with Crippen LogP contribution < -0.4 is 5.73 Å². The van der Waals surface area contributed by atoms with Crippen LogP contribution in [0.5, 0.6) is 0 Å². The number of nitrogens with two attached hydrogens (primary N) is 1. The van der Waals surface area contributed by atoms with Crippen molar-refractivity contribution in [3.05, 3.63) is 0 Å². The van der Waals surface area contributed by atoms with E-state index in [0.29, 0.717) is 13.1 Å². The molecule has 1 atom stereocenters. The molecule has 1 amide bonds. The summed E-state index contributed by atoms with van der Waals surface area (Å²) in [5.41, 5.74) is 5.35. The van der Waals surface area contributed by atoms with E-state index < -0.39 is 24.9 Å². The Morgan fingerprint density at radius 2 is 2.00 bits per heavy atom. The van der Waals surface area contributed by atoms with E-state index in [0.717, 1.165) is 0 Å². The maximum absolute atomic E-state index is 11.8. The van der Waals surface area contributed by atoms with Gasteiger partial charge in [0.1, 0.15) is 0 Å². The van der Waals surface area contributed by atoms with Crippen molar-refractivity contribution >= 4 is 5.91 Å². The number of alkyl halides is 3. The van der Waals surface area contributed by atoms with Crippen molar-refractivity contribution in [1.29, 1.82) is 0 Å². The van der Waals surface area contributed by atoms with Crippen LogP contribution in [0.25, 0.3) is 0 Å². The van der Waals surface area contributed by atoms with E-state index >= 15 is 0 Å². The third-order valence-corrected chi connectivity index (χ3v) is 2.04. The Morgan fingerprint density at radius 3 is 2.40 bits per heavy atom. The molecule has 0 fully saturated rings. The van der Waals surface area contributed by atoms with Crippen molar-refractivity contribution in [1.82, 2.24) is 4.90 Å². The van der Waals surface area contributed by atoms with Crippen molar-refractivity contribution < 1.29 is 18.0 Å². The van der Waals surface area contributed by atoms with Crippen LogP contribution in [-0.4, -0.2) is 37.1 Å². The van der Waals surface area contributed by atoms with Crippen molar-refractivity contribution in [3.63, 3.8) is 0 Å². The number of amides is 1. The quantitative estimate of drug-likeness (QED) is 0.769. The molecule has 0 aromatic heterocycles. The molecule has 0 rings (SSSR count). The largest absolute Gasteiger partial charge is 0.389 e. The molecule has 3 nitrogen and oxygen atoms in total. The Morgan fingerprint density at radius 1 is 1.47 bits per heavy atom. The predicted molar refractivity (Wildman–Crippen MR) is 51.1 cm³/mol. The molecule has 0 aliphatic carbocycles. The van der Waals surface area contributed by atoms with E-state index in [-0.39, 0.29) is 5.92 Å². The average Bonchev–Trinajstić information content (AvgIpc) is 2.12. The highest BCUT2D eigenvalue weighted by atomic mass is 19.4. The first-order valence-corrected chi connectivity index (χ1v) is 4.77. The lowest BCUT2D eigenvalue weighted by Gasteiger charge is -2.20. The van der Waals surface area contributed by atoms with Crippen molar-refractivity contribution in [2.75, 3.05) is 20.1 Å². The summed E-state index contributed by atoms with van der Waals surface area (Å²) in [5, 5.41) is 0. The maximum atomic E-state index is 11.8. The zero-order valence-corrected chi connectivity index (χ0v) is 8.97. The molecule has 2 N–H and O–H groups in total. The summed E-state index contributed by atoms with van der Waals surface area (Å²) in [4.78, 5) is 12.5. The molecular formula is C9H17F3N2O. The molecule has 0 bridgehead atoms. The number of halogens is 3. The highest BCUT2D eigenvalue weighted by molar-refractivity contribution is 5.75. The summed E-state index contributed by atoms with van der Waals surface area (Å²) in [5.74, 6) is -0.391. The molecule has 90 valence electrons. The highest BCUT2D eigenvalue weighted by Crippen LogP contribution is 2.21. The lowest BCUT2D eigenvalue weighted by Crippen LogP contribution is -2.34. The summed E-state index contributed by atoms with van der Waals surface area (Å²) in [6.45, 7) is 2.65. The van der Waals surface area contributed by atoms with Crippen LogP contribution in [0.3, 0.4) is 0 Å². The molecule has 0 radical (unpaired) electrons. The number of rotatable bonds is 5. The molecule has 0 aliphatic rings. The first-order valence-electron chi connectivity index (χ1n) is 4.77. The molecule has 0 heterocycles. The van der Waals surface area contributed by atoms with Crippen molar-refractivity contribution in [3.8, 4) is 0 Å². The molecule has 15 heavy (non-hydrogen) atoms. The average molecular weight is 226 g/mol. The van der Waals surface area contributed by atoms with Crippen LogP contribution >= 0.6 is 0 Å². The van der Waals surface area contributed by atoms with Gasteiger partial charge in [0.25, 0.3) is 0 Å². The second-order valence-electron chi connectivity index (χ2n) is 3.73. The van der Waals surface area contributed by atoms with Gasteiger partial charge in [-0.25, -0.2) is 0 Å². The number of hydrogen-bond acceptors (Lipinski definition) is 2. The first kappa shape index (κ1) is 14.2. The molecule has 0 saturated heterocycles. The molecule has 0 aliphatic heterocycles. The van der Waals surface area contributed by atoms with Crippen molar-refractivity contribution in [2.45, 2.75) is 25.9 Å². The molecule has 0 saturated carbocycles. The van der Waals surface area contributed by atoms with Gasteiger partial charge in [-0.15, -0.1) is 0 Å². The van der Waals surface area contributed by atoms with Gasteiger partial charge in [0.2, 0.25) is 5.91 Å². The van der Waals surface area contributed by atoms with Crippen LogP contribution in [0, 0.1) is 5.92 Å². The number of carbonyl (C=O) groups is 1. The molecule has 1 unspecified atom stereocenters. The standard InChI is InChI=1S/C9H17F3N2O/c1-7(5-13)6-14(2)8(15)3-4-9(10,11)12/h7H,3-6,13H2,1-2H3. The Labute approximate surface area is 87.4 Å². The topological polar surface area (TPSA) is 46.3 Å². The van der Waals surface area contributed by atoms with Gasteiger partial charge in [-0.1, -0.05) is 6.92 Å². The van der Waals surface area contributed by atoms with E-state index in [4.69, 9.17) is 5.73 Å². The zero-order valence-electron chi connectivity index (χ0n) is 8.97. The summed E-state index contributed by atoms with van der Waals surface area (Å²) < 4.78 is 35.5. The smallest absolute Gasteiger partial charge is 0.345 e. The summed E-state index contributed by atoms with van der Waals surface area (Å²) in [6, 6.07) is 0. The minimum atomic E-state index is -4.27. The van der Waals surface area contributed by atoms with E-state index in [9.17, 15) is 18.0 Å². The van der Waals surface area contributed by atoms with Crippen molar-refractivity contribution in [2.24, 2.45) is 11.7 Å².